The van der Waals surface area contributed by atoms with Crippen molar-refractivity contribution >= 4 is 5.82 Å². The molecule has 0 spiro atoms. The molecule has 1 N–H and O–H groups in total. The summed E-state index contributed by atoms with van der Waals surface area (Å²) in [5, 5.41) is 3.37. The molecular formula is C16H20N4. The van der Waals surface area contributed by atoms with Gasteiger partial charge < -0.3 is 5.32 Å². The van der Waals surface area contributed by atoms with Crippen LogP contribution in [0.1, 0.15) is 49.3 Å². The molecule has 0 atom stereocenters. The Kier molecular flexibility index (Phi) is 3.90. The molecule has 0 unspecified atom stereocenters. The van der Waals surface area contributed by atoms with E-state index in [0.717, 1.165) is 42.4 Å². The first kappa shape index (κ1) is 13.0. The molecule has 0 bridgehead atoms. The standard InChI is InChI=1S/C16H20N4/c1-2-8-18-15-11-14(10-13-5-3-4-9-17-13)19-16(20-15)12-6-7-12/h3-5,9,11-12H,2,6-8,10H2,1H3,(H,18,19,20). The van der Waals surface area contributed by atoms with Crippen LogP contribution in [-0.4, -0.2) is 21.5 Å². The second kappa shape index (κ2) is 5.99. The fourth-order valence-corrected chi connectivity index (χ4v) is 2.16. The molecule has 1 fully saturated rings. The van der Waals surface area contributed by atoms with Crippen LogP contribution < -0.4 is 5.32 Å². The quantitative estimate of drug-likeness (QED) is 0.874. The topological polar surface area (TPSA) is 50.7 Å². The number of nitrogens with zero attached hydrogens (tertiary/aromatic N) is 3. The smallest absolute Gasteiger partial charge is 0.134 e. The highest BCUT2D eigenvalue weighted by molar-refractivity contribution is 5.38. The number of anilines is 1. The minimum absolute atomic E-state index is 0.570. The van der Waals surface area contributed by atoms with Crippen LogP contribution >= 0.6 is 0 Å². The van der Waals surface area contributed by atoms with E-state index in [-0.39, 0.29) is 0 Å². The molecule has 2 aromatic rings. The molecule has 104 valence electrons. The van der Waals surface area contributed by atoms with Gasteiger partial charge in [0, 0.05) is 36.8 Å². The van der Waals surface area contributed by atoms with Crippen LogP contribution in [0.15, 0.2) is 30.5 Å². The molecule has 2 aromatic heterocycles. The van der Waals surface area contributed by atoms with Crippen molar-refractivity contribution in [3.8, 4) is 0 Å². The van der Waals surface area contributed by atoms with E-state index in [1.807, 2.05) is 24.4 Å². The number of hydrogen-bond donors (Lipinski definition) is 1. The number of hydrogen-bond acceptors (Lipinski definition) is 4. The summed E-state index contributed by atoms with van der Waals surface area (Å²) in [5.41, 5.74) is 2.11. The average Bonchev–Trinajstić information content (AvgIpc) is 3.31. The zero-order valence-electron chi connectivity index (χ0n) is 11.8. The highest BCUT2D eigenvalue weighted by Gasteiger charge is 2.27. The van der Waals surface area contributed by atoms with Crippen molar-refractivity contribution in [2.24, 2.45) is 0 Å². The van der Waals surface area contributed by atoms with Gasteiger partial charge in [-0.15, -0.1) is 0 Å². The van der Waals surface area contributed by atoms with Gasteiger partial charge in [-0.25, -0.2) is 9.97 Å². The van der Waals surface area contributed by atoms with Crippen LogP contribution in [0.3, 0.4) is 0 Å². The predicted molar refractivity (Wildman–Crippen MR) is 79.8 cm³/mol. The van der Waals surface area contributed by atoms with Gasteiger partial charge in [-0.1, -0.05) is 13.0 Å². The molecule has 0 radical (unpaired) electrons. The van der Waals surface area contributed by atoms with E-state index in [2.05, 4.69) is 28.3 Å². The third-order valence-corrected chi connectivity index (χ3v) is 3.38. The molecule has 4 heteroatoms. The molecule has 4 nitrogen and oxygen atoms in total. The minimum atomic E-state index is 0.570. The largest absolute Gasteiger partial charge is 0.370 e. The van der Waals surface area contributed by atoms with Crippen molar-refractivity contribution in [2.75, 3.05) is 11.9 Å². The molecule has 1 aliphatic carbocycles. The summed E-state index contributed by atoms with van der Waals surface area (Å²) in [7, 11) is 0. The molecular weight excluding hydrogens is 248 g/mol. The molecule has 20 heavy (non-hydrogen) atoms. The summed E-state index contributed by atoms with van der Waals surface area (Å²) >= 11 is 0. The Hall–Kier alpha value is -1.97. The highest BCUT2D eigenvalue weighted by Crippen LogP contribution is 2.38. The van der Waals surface area contributed by atoms with Crippen LogP contribution in [0.2, 0.25) is 0 Å². The van der Waals surface area contributed by atoms with Crippen LogP contribution in [0, 0.1) is 0 Å². The van der Waals surface area contributed by atoms with Gasteiger partial charge in [0.05, 0.1) is 5.69 Å². The maximum Gasteiger partial charge on any atom is 0.134 e. The fraction of sp³-hybridized carbons (Fsp3) is 0.438. The Labute approximate surface area is 119 Å². The lowest BCUT2D eigenvalue weighted by Gasteiger charge is -2.09. The summed E-state index contributed by atoms with van der Waals surface area (Å²) in [6.45, 7) is 3.11. The van der Waals surface area contributed by atoms with Crippen LogP contribution in [0.4, 0.5) is 5.82 Å². The summed E-state index contributed by atoms with van der Waals surface area (Å²) in [6, 6.07) is 8.04. The van der Waals surface area contributed by atoms with Gasteiger partial charge in [0.1, 0.15) is 11.6 Å². The molecule has 3 rings (SSSR count). The van der Waals surface area contributed by atoms with Crippen molar-refractivity contribution in [3.63, 3.8) is 0 Å². The van der Waals surface area contributed by atoms with E-state index in [1.54, 1.807) is 0 Å². The summed E-state index contributed by atoms with van der Waals surface area (Å²) in [5.74, 6) is 2.52. The number of pyridine rings is 1. The molecule has 0 amide bonds. The molecule has 1 aliphatic rings. The first-order valence-corrected chi connectivity index (χ1v) is 7.37. The molecule has 0 saturated heterocycles. The second-order valence-electron chi connectivity index (χ2n) is 5.30. The first-order valence-electron chi connectivity index (χ1n) is 7.37. The Morgan fingerprint density at radius 1 is 1.20 bits per heavy atom. The Morgan fingerprint density at radius 3 is 2.80 bits per heavy atom. The van der Waals surface area contributed by atoms with Crippen LogP contribution in [-0.2, 0) is 6.42 Å². The third-order valence-electron chi connectivity index (χ3n) is 3.38. The lowest BCUT2D eigenvalue weighted by Crippen LogP contribution is -2.07. The molecule has 0 aliphatic heterocycles. The van der Waals surface area contributed by atoms with Gasteiger partial charge in [-0.2, -0.15) is 0 Å². The zero-order valence-corrected chi connectivity index (χ0v) is 11.8. The van der Waals surface area contributed by atoms with Gasteiger partial charge in [-0.3, -0.25) is 4.98 Å². The number of rotatable bonds is 6. The lowest BCUT2D eigenvalue weighted by molar-refractivity contribution is 0.870. The summed E-state index contributed by atoms with van der Waals surface area (Å²) < 4.78 is 0. The number of aromatic nitrogens is 3. The maximum atomic E-state index is 4.71. The first-order chi connectivity index (χ1) is 9.85. The highest BCUT2D eigenvalue weighted by atomic mass is 15.0. The van der Waals surface area contributed by atoms with E-state index in [0.29, 0.717) is 5.92 Å². The van der Waals surface area contributed by atoms with E-state index < -0.39 is 0 Å². The third kappa shape index (κ3) is 3.32. The summed E-state index contributed by atoms with van der Waals surface area (Å²) in [4.78, 5) is 13.7. The summed E-state index contributed by atoms with van der Waals surface area (Å²) in [6.07, 6.45) is 6.14. The second-order valence-corrected chi connectivity index (χ2v) is 5.30. The maximum absolute atomic E-state index is 4.71. The van der Waals surface area contributed by atoms with E-state index in [1.165, 1.54) is 12.8 Å². The predicted octanol–water partition coefficient (Wildman–Crippen LogP) is 3.16. The van der Waals surface area contributed by atoms with Crippen LogP contribution in [0.5, 0.6) is 0 Å². The van der Waals surface area contributed by atoms with E-state index in [4.69, 9.17) is 4.98 Å². The van der Waals surface area contributed by atoms with E-state index >= 15 is 0 Å². The SMILES string of the molecule is CCCNc1cc(Cc2ccccn2)nc(C2CC2)n1. The Morgan fingerprint density at radius 2 is 2.10 bits per heavy atom. The molecule has 2 heterocycles. The monoisotopic (exact) mass is 268 g/mol. The van der Waals surface area contributed by atoms with Gasteiger partial charge in [0.15, 0.2) is 0 Å². The fourth-order valence-electron chi connectivity index (χ4n) is 2.16. The van der Waals surface area contributed by atoms with Crippen molar-refractivity contribution in [1.29, 1.82) is 0 Å². The zero-order chi connectivity index (χ0) is 13.8. The van der Waals surface area contributed by atoms with Gasteiger partial charge in [0.2, 0.25) is 0 Å². The van der Waals surface area contributed by atoms with Gasteiger partial charge in [-0.05, 0) is 31.4 Å². The van der Waals surface area contributed by atoms with Crippen molar-refractivity contribution in [1.82, 2.24) is 15.0 Å². The van der Waals surface area contributed by atoms with Crippen molar-refractivity contribution in [3.05, 3.63) is 47.7 Å². The molecule has 0 aromatic carbocycles. The van der Waals surface area contributed by atoms with Crippen molar-refractivity contribution in [2.45, 2.75) is 38.5 Å². The Balaban J connectivity index is 1.83. The minimum Gasteiger partial charge on any atom is -0.370 e. The van der Waals surface area contributed by atoms with Gasteiger partial charge >= 0.3 is 0 Å². The van der Waals surface area contributed by atoms with E-state index in [9.17, 15) is 0 Å². The normalized spacial score (nSPS) is 14.2. The van der Waals surface area contributed by atoms with Crippen molar-refractivity contribution < 1.29 is 0 Å². The average molecular weight is 268 g/mol. The molecule has 1 saturated carbocycles. The Bertz CT molecular complexity index is 564. The van der Waals surface area contributed by atoms with Gasteiger partial charge in [0.25, 0.3) is 0 Å². The lowest BCUT2D eigenvalue weighted by atomic mass is 10.2. The number of nitrogens with one attached hydrogen (secondary N) is 1. The van der Waals surface area contributed by atoms with Crippen LogP contribution in [0.25, 0.3) is 0 Å².